The summed E-state index contributed by atoms with van der Waals surface area (Å²) in [6.07, 6.45) is 3.85. The number of hydrogen-bond acceptors (Lipinski definition) is 2. The van der Waals surface area contributed by atoms with E-state index in [2.05, 4.69) is 0 Å². The average Bonchev–Trinajstić information content (AvgIpc) is 2.26. The maximum atomic E-state index is 10.9. The summed E-state index contributed by atoms with van der Waals surface area (Å²) in [6.45, 7) is 2.31. The second-order valence-electron chi connectivity index (χ2n) is 4.14. The minimum Gasteiger partial charge on any atom is -0.351 e. The summed E-state index contributed by atoms with van der Waals surface area (Å²) in [5.41, 5.74) is 5.19. The summed E-state index contributed by atoms with van der Waals surface area (Å²) in [5.74, 6) is 0.614. The number of nitrogens with two attached hydrogens (primary N) is 1. The van der Waals surface area contributed by atoms with Crippen molar-refractivity contribution >= 4 is 12.4 Å². The molecule has 0 aliphatic carbocycles. The van der Waals surface area contributed by atoms with Crippen molar-refractivity contribution in [2.45, 2.75) is 19.3 Å². The van der Waals surface area contributed by atoms with Crippen LogP contribution in [0.1, 0.15) is 19.3 Å². The van der Waals surface area contributed by atoms with Crippen molar-refractivity contribution in [2.75, 3.05) is 26.7 Å². The molecule has 5 nitrogen and oxygen atoms in total. The van der Waals surface area contributed by atoms with Crippen LogP contribution in [0.3, 0.4) is 0 Å². The molecule has 2 N–H and O–H groups in total. The number of nitrogens with zero attached hydrogens (tertiary/aromatic N) is 2. The van der Waals surface area contributed by atoms with Crippen LogP contribution in [-0.2, 0) is 4.79 Å². The van der Waals surface area contributed by atoms with Gasteiger partial charge in [-0.2, -0.15) is 0 Å². The van der Waals surface area contributed by atoms with Crippen LogP contribution in [0.15, 0.2) is 0 Å². The minimum atomic E-state index is -0.321. The molecule has 5 heteroatoms. The largest absolute Gasteiger partial charge is 0.351 e. The minimum absolute atomic E-state index is 0.321. The Morgan fingerprint density at radius 3 is 2.60 bits per heavy atom. The number of primary amides is 1. The van der Waals surface area contributed by atoms with Crippen LogP contribution in [0.25, 0.3) is 0 Å². The molecular formula is C10H19N3O2. The number of likely N-dealkylation sites (tertiary alicyclic amines) is 1. The van der Waals surface area contributed by atoms with Gasteiger partial charge in [-0.15, -0.1) is 0 Å². The third kappa shape index (κ3) is 3.77. The van der Waals surface area contributed by atoms with Gasteiger partial charge in [-0.25, -0.2) is 4.79 Å². The van der Waals surface area contributed by atoms with Crippen LogP contribution in [0.4, 0.5) is 4.79 Å². The first-order chi connectivity index (χ1) is 7.13. The predicted molar refractivity (Wildman–Crippen MR) is 57.2 cm³/mol. The zero-order valence-electron chi connectivity index (χ0n) is 9.19. The number of amides is 3. The molecule has 0 bridgehead atoms. The van der Waals surface area contributed by atoms with Crippen molar-refractivity contribution in [1.29, 1.82) is 0 Å². The molecule has 1 rings (SSSR count). The van der Waals surface area contributed by atoms with Gasteiger partial charge in [0.25, 0.3) is 0 Å². The fourth-order valence-electron chi connectivity index (χ4n) is 1.88. The third-order valence-corrected chi connectivity index (χ3v) is 3.00. The molecule has 86 valence electrons. The zero-order valence-corrected chi connectivity index (χ0v) is 9.19. The number of carbonyl (C=O) groups excluding carboxylic acids is 2. The van der Waals surface area contributed by atoms with E-state index in [4.69, 9.17) is 5.73 Å². The molecule has 15 heavy (non-hydrogen) atoms. The highest BCUT2D eigenvalue weighted by Crippen LogP contribution is 2.20. The molecule has 0 radical (unpaired) electrons. The highest BCUT2D eigenvalue weighted by Gasteiger charge is 2.20. The Bertz CT molecular complexity index is 225. The van der Waals surface area contributed by atoms with Gasteiger partial charge in [0.05, 0.1) is 0 Å². The lowest BCUT2D eigenvalue weighted by Crippen LogP contribution is -2.42. The quantitative estimate of drug-likeness (QED) is 0.680. The van der Waals surface area contributed by atoms with E-state index in [9.17, 15) is 9.59 Å². The van der Waals surface area contributed by atoms with E-state index < -0.39 is 0 Å². The molecule has 0 aromatic rings. The highest BCUT2D eigenvalue weighted by atomic mass is 16.2. The van der Waals surface area contributed by atoms with Gasteiger partial charge in [0, 0.05) is 26.7 Å². The summed E-state index contributed by atoms with van der Waals surface area (Å²) in [6, 6.07) is -0.321. The van der Waals surface area contributed by atoms with Gasteiger partial charge in [0.2, 0.25) is 6.41 Å². The second kappa shape index (κ2) is 5.58. The van der Waals surface area contributed by atoms with E-state index in [0.29, 0.717) is 5.92 Å². The van der Waals surface area contributed by atoms with E-state index in [0.717, 1.165) is 45.3 Å². The Kier molecular flexibility index (Phi) is 4.39. The number of piperidine rings is 1. The summed E-state index contributed by atoms with van der Waals surface area (Å²) in [4.78, 5) is 24.6. The first-order valence-electron chi connectivity index (χ1n) is 5.33. The van der Waals surface area contributed by atoms with E-state index in [1.54, 1.807) is 16.8 Å². The second-order valence-corrected chi connectivity index (χ2v) is 4.14. The number of hydrogen-bond donors (Lipinski definition) is 1. The molecule has 0 saturated carbocycles. The first-order valence-corrected chi connectivity index (χ1v) is 5.33. The average molecular weight is 213 g/mol. The summed E-state index contributed by atoms with van der Waals surface area (Å²) >= 11 is 0. The smallest absolute Gasteiger partial charge is 0.314 e. The predicted octanol–water partition coefficient (Wildman–Crippen LogP) is 0.255. The van der Waals surface area contributed by atoms with E-state index in [-0.39, 0.29) is 6.03 Å². The van der Waals surface area contributed by atoms with Gasteiger partial charge in [0.15, 0.2) is 0 Å². The molecule has 0 spiro atoms. The van der Waals surface area contributed by atoms with Crippen LogP contribution in [-0.4, -0.2) is 48.9 Å². The lowest BCUT2D eigenvalue weighted by Gasteiger charge is -2.31. The van der Waals surface area contributed by atoms with Crippen LogP contribution in [0.2, 0.25) is 0 Å². The van der Waals surface area contributed by atoms with Crippen molar-refractivity contribution in [3.63, 3.8) is 0 Å². The topological polar surface area (TPSA) is 66.6 Å². The normalized spacial score (nSPS) is 17.5. The Labute approximate surface area is 90.2 Å². The number of rotatable bonds is 4. The van der Waals surface area contributed by atoms with Crippen molar-refractivity contribution in [1.82, 2.24) is 9.80 Å². The standard InChI is InChI=1S/C10H19N3O2/c1-12(8-14)5-2-9-3-6-13(7-4-9)10(11)15/h8-9H,2-7H2,1H3,(H2,11,15). The summed E-state index contributed by atoms with van der Waals surface area (Å²) in [5, 5.41) is 0. The monoisotopic (exact) mass is 213 g/mol. The molecule has 1 fully saturated rings. The van der Waals surface area contributed by atoms with Crippen molar-refractivity contribution in [3.05, 3.63) is 0 Å². The molecule has 0 atom stereocenters. The Morgan fingerprint density at radius 1 is 1.53 bits per heavy atom. The number of urea groups is 1. The SMILES string of the molecule is CN(C=O)CCC1CCN(C(N)=O)CC1. The van der Waals surface area contributed by atoms with Gasteiger partial charge in [-0.05, 0) is 25.2 Å². The van der Waals surface area contributed by atoms with Crippen molar-refractivity contribution in [3.8, 4) is 0 Å². The maximum absolute atomic E-state index is 10.9. The van der Waals surface area contributed by atoms with Gasteiger partial charge >= 0.3 is 6.03 Å². The Balaban J connectivity index is 2.20. The molecule has 0 aromatic carbocycles. The lowest BCUT2D eigenvalue weighted by atomic mass is 9.93. The van der Waals surface area contributed by atoms with Crippen LogP contribution < -0.4 is 5.73 Å². The highest BCUT2D eigenvalue weighted by molar-refractivity contribution is 5.72. The van der Waals surface area contributed by atoms with Crippen LogP contribution in [0.5, 0.6) is 0 Å². The van der Waals surface area contributed by atoms with Crippen LogP contribution >= 0.6 is 0 Å². The van der Waals surface area contributed by atoms with Crippen LogP contribution in [0, 0.1) is 5.92 Å². The van der Waals surface area contributed by atoms with Crippen molar-refractivity contribution in [2.24, 2.45) is 11.7 Å². The summed E-state index contributed by atoms with van der Waals surface area (Å²) in [7, 11) is 1.78. The molecular weight excluding hydrogens is 194 g/mol. The molecule has 1 aliphatic rings. The maximum Gasteiger partial charge on any atom is 0.314 e. The third-order valence-electron chi connectivity index (χ3n) is 3.00. The summed E-state index contributed by atoms with van der Waals surface area (Å²) < 4.78 is 0. The first kappa shape index (κ1) is 11.8. The Morgan fingerprint density at radius 2 is 2.13 bits per heavy atom. The van der Waals surface area contributed by atoms with Gasteiger partial charge in [-0.1, -0.05) is 0 Å². The number of carbonyl (C=O) groups is 2. The molecule has 0 unspecified atom stereocenters. The fraction of sp³-hybridized carbons (Fsp3) is 0.800. The van der Waals surface area contributed by atoms with E-state index in [1.165, 1.54) is 0 Å². The molecule has 0 aromatic heterocycles. The lowest BCUT2D eigenvalue weighted by molar-refractivity contribution is -0.117. The molecule has 1 aliphatic heterocycles. The van der Waals surface area contributed by atoms with E-state index >= 15 is 0 Å². The molecule has 1 heterocycles. The van der Waals surface area contributed by atoms with Crippen molar-refractivity contribution < 1.29 is 9.59 Å². The van der Waals surface area contributed by atoms with Gasteiger partial charge in [0.1, 0.15) is 0 Å². The zero-order chi connectivity index (χ0) is 11.3. The van der Waals surface area contributed by atoms with Gasteiger partial charge < -0.3 is 15.5 Å². The molecule has 3 amide bonds. The fourth-order valence-corrected chi connectivity index (χ4v) is 1.88. The molecule has 1 saturated heterocycles. The van der Waals surface area contributed by atoms with E-state index in [1.807, 2.05) is 0 Å². The van der Waals surface area contributed by atoms with Gasteiger partial charge in [-0.3, -0.25) is 4.79 Å². The Hall–Kier alpha value is -1.26.